The van der Waals surface area contributed by atoms with Gasteiger partial charge in [0.15, 0.2) is 0 Å². The van der Waals surface area contributed by atoms with Crippen LogP contribution >= 0.6 is 11.8 Å². The summed E-state index contributed by atoms with van der Waals surface area (Å²) in [7, 11) is -4.01. The maximum absolute atomic E-state index is 13.8. The second kappa shape index (κ2) is 7.67. The van der Waals surface area contributed by atoms with Crippen LogP contribution in [0.5, 0.6) is 0 Å². The molecule has 0 spiro atoms. The normalized spacial score (nSPS) is 14.5. The Morgan fingerprint density at radius 2 is 1.85 bits per heavy atom. The molecule has 1 amide bonds. The van der Waals surface area contributed by atoms with Crippen molar-refractivity contribution in [1.29, 1.82) is 0 Å². The number of carbonyl (C=O) groups excluding carboxylic acids is 1. The van der Waals surface area contributed by atoms with Gasteiger partial charge in [0.25, 0.3) is 15.9 Å². The smallest absolute Gasteiger partial charge is 0.262 e. The van der Waals surface area contributed by atoms with E-state index in [0.717, 1.165) is 12.8 Å². The number of rotatable bonds is 5. The molecule has 138 valence electrons. The van der Waals surface area contributed by atoms with Gasteiger partial charge >= 0.3 is 0 Å². The zero-order valence-corrected chi connectivity index (χ0v) is 15.9. The molecule has 1 aliphatic heterocycles. The molecule has 26 heavy (non-hydrogen) atoms. The van der Waals surface area contributed by atoms with Gasteiger partial charge in [-0.3, -0.25) is 9.52 Å². The number of sulfonamides is 1. The van der Waals surface area contributed by atoms with Gasteiger partial charge in [0.1, 0.15) is 5.82 Å². The first kappa shape index (κ1) is 18.7. The van der Waals surface area contributed by atoms with Crippen molar-refractivity contribution >= 4 is 33.4 Å². The first-order valence-corrected chi connectivity index (χ1v) is 10.9. The minimum Gasteiger partial charge on any atom is -0.339 e. The van der Waals surface area contributed by atoms with Crippen molar-refractivity contribution in [3.05, 3.63) is 53.8 Å². The van der Waals surface area contributed by atoms with E-state index >= 15 is 0 Å². The summed E-state index contributed by atoms with van der Waals surface area (Å²) in [4.78, 5) is 15.1. The Morgan fingerprint density at radius 3 is 2.50 bits per heavy atom. The molecule has 5 nitrogen and oxygen atoms in total. The number of hydrogen-bond donors (Lipinski definition) is 1. The molecule has 2 aromatic carbocycles. The zero-order valence-electron chi connectivity index (χ0n) is 14.2. The van der Waals surface area contributed by atoms with Gasteiger partial charge in [-0.25, -0.2) is 12.8 Å². The molecule has 0 unspecified atom stereocenters. The summed E-state index contributed by atoms with van der Waals surface area (Å²) in [6.07, 6.45) is 3.74. The van der Waals surface area contributed by atoms with Gasteiger partial charge in [-0.05, 0) is 49.4 Å². The van der Waals surface area contributed by atoms with E-state index in [1.54, 1.807) is 17.0 Å². The number of nitrogens with zero attached hydrogens (tertiary/aromatic N) is 1. The van der Waals surface area contributed by atoms with Crippen molar-refractivity contribution < 1.29 is 17.6 Å². The van der Waals surface area contributed by atoms with E-state index in [1.807, 2.05) is 6.26 Å². The highest BCUT2D eigenvalue weighted by Crippen LogP contribution is 2.27. The summed E-state index contributed by atoms with van der Waals surface area (Å²) in [6, 6.07) is 9.96. The summed E-state index contributed by atoms with van der Waals surface area (Å²) < 4.78 is 41.3. The SMILES string of the molecule is CSc1ccc(S(=O)(=O)Nc2ccccc2F)cc1C(=O)N1CCCC1. The molecule has 0 bridgehead atoms. The minimum absolute atomic E-state index is 0.0684. The van der Waals surface area contributed by atoms with Crippen LogP contribution in [-0.2, 0) is 10.0 Å². The Hall–Kier alpha value is -2.06. The number of amides is 1. The lowest BCUT2D eigenvalue weighted by Gasteiger charge is -2.18. The molecule has 1 saturated heterocycles. The van der Waals surface area contributed by atoms with E-state index in [9.17, 15) is 17.6 Å². The van der Waals surface area contributed by atoms with Crippen molar-refractivity contribution in [2.24, 2.45) is 0 Å². The Bertz CT molecular complexity index is 926. The van der Waals surface area contributed by atoms with Gasteiger partial charge in [0.2, 0.25) is 0 Å². The summed E-state index contributed by atoms with van der Waals surface area (Å²) in [5.41, 5.74) is 0.227. The maximum Gasteiger partial charge on any atom is 0.262 e. The number of para-hydroxylation sites is 1. The summed E-state index contributed by atoms with van der Waals surface area (Å²) in [5, 5.41) is 0. The number of benzene rings is 2. The van der Waals surface area contributed by atoms with Crippen LogP contribution in [0.15, 0.2) is 52.3 Å². The van der Waals surface area contributed by atoms with Crippen LogP contribution in [0.25, 0.3) is 0 Å². The molecule has 0 aliphatic carbocycles. The van der Waals surface area contributed by atoms with Crippen molar-refractivity contribution in [2.45, 2.75) is 22.6 Å². The average molecular weight is 394 g/mol. The molecule has 0 aromatic heterocycles. The average Bonchev–Trinajstić information content (AvgIpc) is 3.17. The lowest BCUT2D eigenvalue weighted by Crippen LogP contribution is -2.28. The molecular weight excluding hydrogens is 375 g/mol. The van der Waals surface area contributed by atoms with Crippen LogP contribution in [0.3, 0.4) is 0 Å². The van der Waals surface area contributed by atoms with E-state index in [1.165, 1.54) is 42.1 Å². The van der Waals surface area contributed by atoms with E-state index in [2.05, 4.69) is 4.72 Å². The molecule has 1 N–H and O–H groups in total. The molecule has 0 atom stereocenters. The third kappa shape index (κ3) is 3.86. The molecule has 8 heteroatoms. The molecule has 3 rings (SSSR count). The number of halogens is 1. The van der Waals surface area contributed by atoms with Crippen molar-refractivity contribution in [3.8, 4) is 0 Å². The van der Waals surface area contributed by atoms with Crippen LogP contribution in [0.1, 0.15) is 23.2 Å². The quantitative estimate of drug-likeness (QED) is 0.787. The van der Waals surface area contributed by atoms with E-state index in [-0.39, 0.29) is 16.5 Å². The number of likely N-dealkylation sites (tertiary alicyclic amines) is 1. The molecule has 2 aromatic rings. The van der Waals surface area contributed by atoms with E-state index in [0.29, 0.717) is 23.5 Å². The van der Waals surface area contributed by atoms with Crippen LogP contribution in [0, 0.1) is 5.82 Å². The van der Waals surface area contributed by atoms with E-state index in [4.69, 9.17) is 0 Å². The van der Waals surface area contributed by atoms with Gasteiger partial charge in [-0.2, -0.15) is 0 Å². The van der Waals surface area contributed by atoms with Gasteiger partial charge in [0, 0.05) is 18.0 Å². The highest BCUT2D eigenvalue weighted by Gasteiger charge is 2.24. The second-order valence-corrected chi connectivity index (χ2v) is 8.48. The summed E-state index contributed by atoms with van der Waals surface area (Å²) in [5.74, 6) is -0.833. The first-order valence-electron chi connectivity index (χ1n) is 8.17. The van der Waals surface area contributed by atoms with Gasteiger partial charge < -0.3 is 4.90 Å². The standard InChI is InChI=1S/C18H19FN2O3S2/c1-25-17-9-8-13(12-14(17)18(22)21-10-4-5-11-21)26(23,24)20-16-7-3-2-6-15(16)19/h2-3,6-9,12,20H,4-5,10-11H2,1H3. The Labute approximate surface area is 156 Å². The topological polar surface area (TPSA) is 66.5 Å². The maximum atomic E-state index is 13.8. The summed E-state index contributed by atoms with van der Waals surface area (Å²) in [6.45, 7) is 1.36. The predicted octanol–water partition coefficient (Wildman–Crippen LogP) is 3.58. The molecule has 1 fully saturated rings. The van der Waals surface area contributed by atoms with E-state index < -0.39 is 15.8 Å². The second-order valence-electron chi connectivity index (χ2n) is 5.95. The lowest BCUT2D eigenvalue weighted by atomic mass is 10.2. The third-order valence-electron chi connectivity index (χ3n) is 4.22. The van der Waals surface area contributed by atoms with Crippen LogP contribution < -0.4 is 4.72 Å². The number of nitrogens with one attached hydrogen (secondary N) is 1. The molecular formula is C18H19FN2O3S2. The fraction of sp³-hybridized carbons (Fsp3) is 0.278. The largest absolute Gasteiger partial charge is 0.339 e. The zero-order chi connectivity index (χ0) is 18.7. The number of hydrogen-bond acceptors (Lipinski definition) is 4. The Kier molecular flexibility index (Phi) is 5.52. The highest BCUT2D eigenvalue weighted by atomic mass is 32.2. The monoisotopic (exact) mass is 394 g/mol. The van der Waals surface area contributed by atoms with Crippen molar-refractivity contribution in [3.63, 3.8) is 0 Å². The van der Waals surface area contributed by atoms with Crippen LogP contribution in [0.4, 0.5) is 10.1 Å². The highest BCUT2D eigenvalue weighted by molar-refractivity contribution is 7.98. The number of anilines is 1. The number of carbonyl (C=O) groups is 1. The van der Waals surface area contributed by atoms with Gasteiger partial charge in [0.05, 0.1) is 16.1 Å². The predicted molar refractivity (Wildman–Crippen MR) is 101 cm³/mol. The molecule has 0 radical (unpaired) electrons. The fourth-order valence-electron chi connectivity index (χ4n) is 2.86. The molecule has 1 heterocycles. The number of thioether (sulfide) groups is 1. The van der Waals surface area contributed by atoms with Crippen LogP contribution in [0.2, 0.25) is 0 Å². The van der Waals surface area contributed by atoms with Gasteiger partial charge in [-0.1, -0.05) is 12.1 Å². The van der Waals surface area contributed by atoms with Gasteiger partial charge in [-0.15, -0.1) is 11.8 Å². The molecule has 0 saturated carbocycles. The lowest BCUT2D eigenvalue weighted by molar-refractivity contribution is 0.0789. The fourth-order valence-corrected chi connectivity index (χ4v) is 4.52. The summed E-state index contributed by atoms with van der Waals surface area (Å²) >= 11 is 1.39. The first-order chi connectivity index (χ1) is 12.4. The van der Waals surface area contributed by atoms with Crippen LogP contribution in [-0.4, -0.2) is 38.6 Å². The van der Waals surface area contributed by atoms with Crippen molar-refractivity contribution in [2.75, 3.05) is 24.1 Å². The van der Waals surface area contributed by atoms with Crippen molar-refractivity contribution in [1.82, 2.24) is 4.90 Å². The minimum atomic E-state index is -4.01. The Balaban J connectivity index is 1.96. The molecule has 1 aliphatic rings. The Morgan fingerprint density at radius 1 is 1.15 bits per heavy atom. The third-order valence-corrected chi connectivity index (χ3v) is 6.38.